The third-order valence-corrected chi connectivity index (χ3v) is 5.12. The number of alkyl halides is 3. The summed E-state index contributed by atoms with van der Waals surface area (Å²) in [6.07, 6.45) is -3.42. The zero-order valence-electron chi connectivity index (χ0n) is 13.4. The van der Waals surface area contributed by atoms with Crippen LogP contribution in [0.1, 0.15) is 25.4 Å². The zero-order chi connectivity index (χ0) is 18.9. The van der Waals surface area contributed by atoms with Gasteiger partial charge < -0.3 is 9.88 Å². The first-order chi connectivity index (χ1) is 11.6. The number of aromatic nitrogens is 3. The lowest BCUT2D eigenvalue weighted by Gasteiger charge is -2.12. The molecule has 136 valence electrons. The molecule has 0 aliphatic rings. The number of nitrogens with one attached hydrogen (secondary N) is 1. The number of imidazole rings is 1. The summed E-state index contributed by atoms with van der Waals surface area (Å²) in [6.45, 7) is 3.43. The van der Waals surface area contributed by atoms with Crippen molar-refractivity contribution >= 4 is 59.5 Å². The van der Waals surface area contributed by atoms with Crippen molar-refractivity contribution < 1.29 is 17.4 Å². The Morgan fingerprint density at radius 1 is 1.48 bits per heavy atom. The largest absolute Gasteiger partial charge is 0.433 e. The quantitative estimate of drug-likeness (QED) is 0.433. The second kappa shape index (κ2) is 7.50. The Balaban J connectivity index is 2.66. The molecular weight excluding hydrogens is 441 g/mol. The summed E-state index contributed by atoms with van der Waals surface area (Å²) in [7, 11) is 0.293. The molecule has 0 bridgehead atoms. The van der Waals surface area contributed by atoms with Crippen LogP contribution in [0.2, 0.25) is 0 Å². The number of halogens is 4. The van der Waals surface area contributed by atoms with Crippen molar-refractivity contribution in [2.45, 2.75) is 20.0 Å². The van der Waals surface area contributed by atoms with Gasteiger partial charge in [-0.15, -0.1) is 0 Å². The normalized spacial score (nSPS) is 14.4. The Labute approximate surface area is 158 Å². The topological polar surface area (TPSA) is 59.8 Å². The van der Waals surface area contributed by atoms with E-state index in [0.29, 0.717) is 27.7 Å². The van der Waals surface area contributed by atoms with Crippen LogP contribution in [0.5, 0.6) is 0 Å². The summed E-state index contributed by atoms with van der Waals surface area (Å²) in [5.41, 5.74) is 0.102. The molecule has 0 saturated heterocycles. The fourth-order valence-corrected chi connectivity index (χ4v) is 3.67. The predicted octanol–water partition coefficient (Wildman–Crippen LogP) is 3.71. The summed E-state index contributed by atoms with van der Waals surface area (Å²) in [6, 6.07) is 0.894. The van der Waals surface area contributed by atoms with E-state index in [2.05, 4.69) is 31.2 Å². The van der Waals surface area contributed by atoms with E-state index >= 15 is 0 Å². The molecule has 2 heterocycles. The minimum atomic E-state index is -4.55. The van der Waals surface area contributed by atoms with E-state index in [1.807, 2.05) is 0 Å². The maximum atomic E-state index is 12.8. The zero-order valence-corrected chi connectivity index (χ0v) is 16.7. The van der Waals surface area contributed by atoms with E-state index in [1.165, 1.54) is 0 Å². The first-order valence-corrected chi connectivity index (χ1v) is 9.54. The van der Waals surface area contributed by atoms with Crippen molar-refractivity contribution in [3.8, 4) is 0 Å². The molecule has 2 aromatic heterocycles. The van der Waals surface area contributed by atoms with Crippen molar-refractivity contribution in [3.63, 3.8) is 0 Å². The number of thiocarbonyl (C=S) groups is 1. The summed E-state index contributed by atoms with van der Waals surface area (Å²) in [5.74, 6) is 0.725. The number of nitrogens with zero attached hydrogens (tertiary/aromatic N) is 3. The summed E-state index contributed by atoms with van der Waals surface area (Å²) in [4.78, 5) is 7.71. The van der Waals surface area contributed by atoms with Crippen LogP contribution in [0.25, 0.3) is 16.6 Å². The number of hydrogen-bond donors (Lipinski definition) is 1. The average Bonchev–Trinajstić information content (AvgIpc) is 2.86. The Bertz CT molecular complexity index is 892. The van der Waals surface area contributed by atoms with Gasteiger partial charge in [-0.2, -0.15) is 13.2 Å². The van der Waals surface area contributed by atoms with Crippen LogP contribution in [0.3, 0.4) is 0 Å². The van der Waals surface area contributed by atoms with Crippen LogP contribution in [0, 0.1) is 0 Å². The lowest BCUT2D eigenvalue weighted by molar-refractivity contribution is -0.141. The molecule has 2 rings (SSSR count). The highest BCUT2D eigenvalue weighted by Crippen LogP contribution is 2.30. The van der Waals surface area contributed by atoms with Gasteiger partial charge in [0.2, 0.25) is 0 Å². The summed E-state index contributed by atoms with van der Waals surface area (Å²) in [5, 5.41) is 3.17. The minimum Gasteiger partial charge on any atom is -0.333 e. The van der Waals surface area contributed by atoms with Gasteiger partial charge in [-0.3, -0.25) is 4.21 Å². The third-order valence-electron chi connectivity index (χ3n) is 3.44. The molecule has 25 heavy (non-hydrogen) atoms. The van der Waals surface area contributed by atoms with E-state index in [1.54, 1.807) is 25.5 Å². The smallest absolute Gasteiger partial charge is 0.333 e. The van der Waals surface area contributed by atoms with Gasteiger partial charge in [-0.25, -0.2) is 9.97 Å². The van der Waals surface area contributed by atoms with Crippen molar-refractivity contribution in [1.29, 1.82) is 0 Å². The molecule has 0 spiro atoms. The molecule has 1 unspecified atom stereocenters. The molecule has 1 atom stereocenters. The Hall–Kier alpha value is -1.33. The Morgan fingerprint density at radius 3 is 2.64 bits per heavy atom. The van der Waals surface area contributed by atoms with Gasteiger partial charge in [-0.05, 0) is 28.9 Å². The molecule has 0 aromatic carbocycles. The highest BCUT2D eigenvalue weighted by atomic mass is 79.9. The van der Waals surface area contributed by atoms with Gasteiger partial charge in [0, 0.05) is 18.4 Å². The second-order valence-electron chi connectivity index (χ2n) is 5.04. The molecular formula is C14H14BrF3N4OS2. The number of fused-ring (bicyclic) bond motifs is 1. The molecule has 1 N–H and O–H groups in total. The highest BCUT2D eigenvalue weighted by molar-refractivity contribution is 9.20. The SMILES string of the molecule is CCS(=O)/C(NC(=S)Br)=C(/C)c1nc2cc(C(F)(F)F)ncc2n1C. The summed E-state index contributed by atoms with van der Waals surface area (Å²) >= 11 is 8.03. The van der Waals surface area contributed by atoms with Crippen molar-refractivity contribution in [2.24, 2.45) is 7.05 Å². The van der Waals surface area contributed by atoms with Crippen LogP contribution < -0.4 is 5.32 Å². The van der Waals surface area contributed by atoms with Crippen LogP contribution in [-0.4, -0.2) is 28.4 Å². The number of pyridine rings is 1. The van der Waals surface area contributed by atoms with Crippen LogP contribution in [0.15, 0.2) is 17.3 Å². The first-order valence-electron chi connectivity index (χ1n) is 7.02. The Kier molecular flexibility index (Phi) is 6.00. The molecule has 2 aromatic rings. The minimum absolute atomic E-state index is 0.155. The lowest BCUT2D eigenvalue weighted by Crippen LogP contribution is -2.21. The molecule has 0 radical (unpaired) electrons. The molecule has 0 aliphatic carbocycles. The van der Waals surface area contributed by atoms with E-state index in [9.17, 15) is 17.4 Å². The monoisotopic (exact) mass is 454 g/mol. The summed E-state index contributed by atoms with van der Waals surface area (Å²) < 4.78 is 52.6. The van der Waals surface area contributed by atoms with E-state index in [-0.39, 0.29) is 9.41 Å². The lowest BCUT2D eigenvalue weighted by atomic mass is 10.3. The van der Waals surface area contributed by atoms with Crippen LogP contribution in [-0.2, 0) is 24.0 Å². The van der Waals surface area contributed by atoms with Crippen molar-refractivity contribution in [2.75, 3.05) is 5.75 Å². The molecule has 0 aliphatic heterocycles. The highest BCUT2D eigenvalue weighted by Gasteiger charge is 2.33. The van der Waals surface area contributed by atoms with Crippen molar-refractivity contribution in [3.05, 3.63) is 28.8 Å². The molecule has 0 saturated carbocycles. The van der Waals surface area contributed by atoms with Gasteiger partial charge >= 0.3 is 6.18 Å². The number of hydrogen-bond acceptors (Lipinski definition) is 4. The maximum Gasteiger partial charge on any atom is 0.433 e. The van der Waals surface area contributed by atoms with Gasteiger partial charge in [0.25, 0.3) is 0 Å². The van der Waals surface area contributed by atoms with Gasteiger partial charge in [0.05, 0.1) is 28.0 Å². The second-order valence-corrected chi connectivity index (χ2v) is 8.44. The first kappa shape index (κ1) is 20.0. The third kappa shape index (κ3) is 4.26. The fraction of sp³-hybridized carbons (Fsp3) is 0.357. The maximum absolute atomic E-state index is 12.8. The average molecular weight is 455 g/mol. The molecule has 0 fully saturated rings. The van der Waals surface area contributed by atoms with E-state index in [4.69, 9.17) is 12.2 Å². The number of allylic oxidation sites excluding steroid dienone is 1. The molecule has 0 amide bonds. The van der Waals surface area contributed by atoms with E-state index in [0.717, 1.165) is 12.3 Å². The van der Waals surface area contributed by atoms with Gasteiger partial charge in [0.15, 0.2) is 0 Å². The predicted molar refractivity (Wildman–Crippen MR) is 99.4 cm³/mol. The number of aryl methyl sites for hydroxylation is 1. The van der Waals surface area contributed by atoms with Crippen molar-refractivity contribution in [1.82, 2.24) is 19.9 Å². The standard InChI is InChI=1S/C14H14BrF3N4OS2/c1-4-25(23)12(21-13(15)24)7(2)11-20-8-5-10(14(16,17)18)19-6-9(8)22(11)3/h5-6H,4H2,1-3H3,(H,21,24)/b12-7-. The van der Waals surface area contributed by atoms with E-state index < -0.39 is 22.7 Å². The Morgan fingerprint density at radius 2 is 2.12 bits per heavy atom. The molecule has 11 heteroatoms. The number of rotatable bonds is 4. The fourth-order valence-electron chi connectivity index (χ4n) is 2.24. The van der Waals surface area contributed by atoms with Crippen LogP contribution >= 0.6 is 28.1 Å². The van der Waals surface area contributed by atoms with Gasteiger partial charge in [0.1, 0.15) is 20.4 Å². The van der Waals surface area contributed by atoms with Crippen LogP contribution in [0.4, 0.5) is 13.2 Å². The van der Waals surface area contributed by atoms with Gasteiger partial charge in [-0.1, -0.05) is 19.1 Å². The molecule has 5 nitrogen and oxygen atoms in total.